The summed E-state index contributed by atoms with van der Waals surface area (Å²) in [7, 11) is 0. The Morgan fingerprint density at radius 2 is 2.00 bits per heavy atom. The molecule has 1 aromatic carbocycles. The molecule has 0 aromatic heterocycles. The summed E-state index contributed by atoms with van der Waals surface area (Å²) in [5.41, 5.74) is 2.56. The molecule has 0 heterocycles. The lowest BCUT2D eigenvalue weighted by atomic mass is 9.69. The zero-order valence-electron chi connectivity index (χ0n) is 16.1. The minimum absolute atomic E-state index is 0.0914. The van der Waals surface area contributed by atoms with Crippen molar-refractivity contribution < 1.29 is 29.0 Å². The molecule has 6 nitrogen and oxygen atoms in total. The van der Waals surface area contributed by atoms with Gasteiger partial charge in [-0.25, -0.2) is 9.59 Å². The Morgan fingerprint density at radius 1 is 1.24 bits per heavy atom. The first kappa shape index (κ1) is 21.7. The minimum Gasteiger partial charge on any atom is -0.480 e. The highest BCUT2D eigenvalue weighted by atomic mass is 35.5. The van der Waals surface area contributed by atoms with E-state index in [0.717, 1.165) is 48.8 Å². The van der Waals surface area contributed by atoms with Crippen LogP contribution in [0.15, 0.2) is 12.1 Å². The number of carbonyl (C=O) groups excluding carboxylic acids is 2. The number of unbranched alkanes of at least 4 members (excludes halogenated alkanes) is 1. The largest absolute Gasteiger partial charge is 0.480 e. The molecule has 0 radical (unpaired) electrons. The van der Waals surface area contributed by atoms with Crippen molar-refractivity contribution in [3.05, 3.63) is 33.3 Å². The van der Waals surface area contributed by atoms with E-state index in [2.05, 4.69) is 11.7 Å². The zero-order valence-corrected chi connectivity index (χ0v) is 17.6. The van der Waals surface area contributed by atoms with Crippen LogP contribution in [0.2, 0.25) is 10.0 Å². The quantitative estimate of drug-likeness (QED) is 0.599. The number of carbonyl (C=O) groups is 3. The lowest BCUT2D eigenvalue weighted by molar-refractivity contribution is -0.156. The van der Waals surface area contributed by atoms with Gasteiger partial charge in [0.1, 0.15) is 10.8 Å². The molecule has 156 valence electrons. The third-order valence-corrected chi connectivity index (χ3v) is 6.34. The molecule has 3 rings (SSSR count). The summed E-state index contributed by atoms with van der Waals surface area (Å²) in [6.45, 7) is 0.919. The Balaban J connectivity index is 1.88. The normalized spacial score (nSPS) is 20.0. The van der Waals surface area contributed by atoms with Gasteiger partial charge >= 0.3 is 11.9 Å². The fourth-order valence-corrected chi connectivity index (χ4v) is 4.66. The fraction of sp³-hybridized carbons (Fsp3) is 0.476. The van der Waals surface area contributed by atoms with E-state index in [1.807, 2.05) is 0 Å². The molecule has 1 atom stereocenters. The van der Waals surface area contributed by atoms with Crippen molar-refractivity contribution in [3.8, 4) is 5.75 Å². The van der Waals surface area contributed by atoms with E-state index >= 15 is 0 Å². The van der Waals surface area contributed by atoms with E-state index in [0.29, 0.717) is 11.4 Å². The van der Waals surface area contributed by atoms with E-state index in [9.17, 15) is 14.4 Å². The number of ketones is 1. The number of aliphatic carboxylic acids is 1. The van der Waals surface area contributed by atoms with Crippen LogP contribution < -0.4 is 4.74 Å². The number of ether oxygens (including phenoxy) is 2. The highest BCUT2D eigenvalue weighted by Crippen LogP contribution is 2.58. The van der Waals surface area contributed by atoms with Crippen LogP contribution in [0.4, 0.5) is 0 Å². The second-order valence-corrected chi connectivity index (χ2v) is 8.22. The lowest BCUT2D eigenvalue weighted by Crippen LogP contribution is -2.25. The molecule has 1 aromatic rings. The van der Waals surface area contributed by atoms with Gasteiger partial charge in [0.05, 0.1) is 5.02 Å². The molecule has 0 saturated heterocycles. The number of carboxylic acids is 1. The van der Waals surface area contributed by atoms with Crippen molar-refractivity contribution >= 4 is 46.5 Å². The molecule has 0 amide bonds. The Kier molecular flexibility index (Phi) is 6.54. The third-order valence-electron chi connectivity index (χ3n) is 5.49. The van der Waals surface area contributed by atoms with Gasteiger partial charge in [0.15, 0.2) is 19.0 Å². The summed E-state index contributed by atoms with van der Waals surface area (Å²) < 4.78 is 10.0. The molecule has 29 heavy (non-hydrogen) atoms. The molecule has 0 spiro atoms. The van der Waals surface area contributed by atoms with Gasteiger partial charge in [0.25, 0.3) is 0 Å². The maximum atomic E-state index is 12.1. The first-order valence-electron chi connectivity index (χ1n) is 9.54. The van der Waals surface area contributed by atoms with Crippen LogP contribution in [-0.2, 0) is 25.5 Å². The SMILES string of the molecule is CCCCC12CCC(=O)C=C1c1c(cc(OCC(=O)OCC(=O)O)c(Cl)c1Cl)C2. The van der Waals surface area contributed by atoms with E-state index < -0.39 is 25.2 Å². The first-order chi connectivity index (χ1) is 13.8. The third kappa shape index (κ3) is 4.43. The number of hydrogen-bond acceptors (Lipinski definition) is 5. The summed E-state index contributed by atoms with van der Waals surface area (Å²) in [4.78, 5) is 34.2. The van der Waals surface area contributed by atoms with Crippen molar-refractivity contribution in [2.24, 2.45) is 5.41 Å². The van der Waals surface area contributed by atoms with Gasteiger partial charge in [-0.3, -0.25) is 4.79 Å². The number of carboxylic acid groups (broad SMARTS) is 1. The Bertz CT molecular complexity index is 892. The molecule has 2 aliphatic rings. The number of fused-ring (bicyclic) bond motifs is 3. The Morgan fingerprint density at radius 3 is 2.69 bits per heavy atom. The van der Waals surface area contributed by atoms with Crippen LogP contribution in [0.1, 0.15) is 50.2 Å². The summed E-state index contributed by atoms with van der Waals surface area (Å²) in [6.07, 6.45) is 6.80. The predicted octanol–water partition coefficient (Wildman–Crippen LogP) is 4.48. The van der Waals surface area contributed by atoms with Gasteiger partial charge in [0, 0.05) is 17.4 Å². The maximum Gasteiger partial charge on any atom is 0.344 e. The van der Waals surface area contributed by atoms with Crippen molar-refractivity contribution in [1.29, 1.82) is 0 Å². The van der Waals surface area contributed by atoms with Crippen molar-refractivity contribution in [2.45, 2.75) is 45.4 Å². The summed E-state index contributed by atoms with van der Waals surface area (Å²) in [6, 6.07) is 1.76. The molecule has 8 heteroatoms. The van der Waals surface area contributed by atoms with E-state index in [1.54, 1.807) is 12.1 Å². The molecule has 1 unspecified atom stereocenters. The van der Waals surface area contributed by atoms with Crippen molar-refractivity contribution in [3.63, 3.8) is 0 Å². The minimum atomic E-state index is -1.25. The fourth-order valence-electron chi connectivity index (χ4n) is 4.14. The van der Waals surface area contributed by atoms with E-state index in [4.69, 9.17) is 33.0 Å². The summed E-state index contributed by atoms with van der Waals surface area (Å²) >= 11 is 13.0. The maximum absolute atomic E-state index is 12.1. The second-order valence-electron chi connectivity index (χ2n) is 7.46. The molecule has 0 fully saturated rings. The highest BCUT2D eigenvalue weighted by Gasteiger charge is 2.45. The van der Waals surface area contributed by atoms with Crippen LogP contribution in [0.5, 0.6) is 5.75 Å². The number of hydrogen-bond donors (Lipinski definition) is 1. The van der Waals surface area contributed by atoms with Crippen LogP contribution in [-0.4, -0.2) is 36.0 Å². The molecule has 0 aliphatic heterocycles. The first-order valence-corrected chi connectivity index (χ1v) is 10.3. The number of allylic oxidation sites excluding steroid dienone is 2. The van der Waals surface area contributed by atoms with Gasteiger partial charge in [-0.15, -0.1) is 0 Å². The number of rotatable bonds is 8. The molecule has 1 N–H and O–H groups in total. The molecule has 0 bridgehead atoms. The zero-order chi connectivity index (χ0) is 21.2. The standard InChI is InChI=1S/C21H22Cl2O6/c1-2-3-5-21-6-4-13(24)8-14(21)18-12(9-21)7-15(19(22)20(18)23)28-11-17(27)29-10-16(25)26/h7-8H,2-6,9-11H2,1H3,(H,25,26). The van der Waals surface area contributed by atoms with Crippen molar-refractivity contribution in [1.82, 2.24) is 0 Å². The Labute approximate surface area is 178 Å². The topological polar surface area (TPSA) is 89.9 Å². The van der Waals surface area contributed by atoms with E-state index in [1.165, 1.54) is 0 Å². The van der Waals surface area contributed by atoms with Gasteiger partial charge < -0.3 is 14.6 Å². The van der Waals surface area contributed by atoms with Crippen LogP contribution in [0.25, 0.3) is 5.57 Å². The van der Waals surface area contributed by atoms with Crippen LogP contribution in [0, 0.1) is 5.41 Å². The van der Waals surface area contributed by atoms with Crippen LogP contribution in [0.3, 0.4) is 0 Å². The number of halogens is 2. The Hall–Kier alpha value is -2.05. The molecule has 0 saturated carbocycles. The molecular formula is C21H22Cl2O6. The predicted molar refractivity (Wildman–Crippen MR) is 108 cm³/mol. The average Bonchev–Trinajstić information content (AvgIpc) is 3.00. The summed E-state index contributed by atoms with van der Waals surface area (Å²) in [5, 5.41) is 9.01. The monoisotopic (exact) mass is 440 g/mol. The van der Waals surface area contributed by atoms with Crippen LogP contribution >= 0.6 is 23.2 Å². The smallest absolute Gasteiger partial charge is 0.344 e. The number of esters is 1. The number of benzene rings is 1. The van der Waals surface area contributed by atoms with Crippen molar-refractivity contribution in [2.75, 3.05) is 13.2 Å². The van der Waals surface area contributed by atoms with Gasteiger partial charge in [0.2, 0.25) is 0 Å². The molecular weight excluding hydrogens is 419 g/mol. The lowest BCUT2D eigenvalue weighted by Gasteiger charge is -2.34. The summed E-state index contributed by atoms with van der Waals surface area (Å²) in [5.74, 6) is -1.74. The van der Waals surface area contributed by atoms with Gasteiger partial charge in [-0.05, 0) is 42.5 Å². The second kappa shape index (κ2) is 8.76. The van der Waals surface area contributed by atoms with Gasteiger partial charge in [-0.1, -0.05) is 43.0 Å². The van der Waals surface area contributed by atoms with Gasteiger partial charge in [-0.2, -0.15) is 0 Å². The molecule has 2 aliphatic carbocycles. The average molecular weight is 441 g/mol. The highest BCUT2D eigenvalue weighted by molar-refractivity contribution is 6.44. The van der Waals surface area contributed by atoms with E-state index in [-0.39, 0.29) is 22.0 Å².